The van der Waals surface area contributed by atoms with E-state index >= 15 is 0 Å². The van der Waals surface area contributed by atoms with Crippen LogP contribution in [-0.2, 0) is 18.9 Å². The summed E-state index contributed by atoms with van der Waals surface area (Å²) in [5.41, 5.74) is 5.58. The van der Waals surface area contributed by atoms with Crippen LogP contribution in [0.2, 0.25) is 0 Å². The molecule has 0 radical (unpaired) electrons. The van der Waals surface area contributed by atoms with Crippen molar-refractivity contribution in [2.45, 2.75) is 162 Å². The van der Waals surface area contributed by atoms with E-state index < -0.39 is 19.2 Å². The van der Waals surface area contributed by atoms with Crippen molar-refractivity contribution < 1.29 is 23.7 Å². The van der Waals surface area contributed by atoms with Gasteiger partial charge in [0.05, 0.1) is 24.2 Å². The van der Waals surface area contributed by atoms with Gasteiger partial charge in [-0.25, -0.2) is 4.79 Å². The number of nitrogens with two attached hydrogens (primary N) is 1. The number of primary amides is 1. The van der Waals surface area contributed by atoms with Crippen LogP contribution < -0.4 is 16.4 Å². The summed E-state index contributed by atoms with van der Waals surface area (Å²) in [6.07, 6.45) is 13.7. The highest BCUT2D eigenvalue weighted by molar-refractivity contribution is 6.48. The molecule has 44 heavy (non-hydrogen) atoms. The van der Waals surface area contributed by atoms with Gasteiger partial charge in [-0.1, -0.05) is 92.9 Å². The van der Waals surface area contributed by atoms with Gasteiger partial charge in [-0.2, -0.15) is 0 Å². The fourth-order valence-electron chi connectivity index (χ4n) is 7.87. The molecule has 4 N–H and O–H groups in total. The first kappa shape index (κ1) is 36.7. The van der Waals surface area contributed by atoms with Gasteiger partial charge >= 0.3 is 13.1 Å². The third-order valence-electron chi connectivity index (χ3n) is 10.8. The van der Waals surface area contributed by atoms with Crippen molar-refractivity contribution in [3.63, 3.8) is 0 Å². The second kappa shape index (κ2) is 16.7. The SMILES string of the molecule is CCCCCCCCCC(=O)N[C@@H](CN(CCCCC)C(N)=O)C(=O)N[C@@H](CC(C)C)B1O[C@@H]2C[C@@H]3C[C@@H](C3(C)C)[C@]2(C)O1. The molecule has 6 atom stereocenters. The maximum absolute atomic E-state index is 13.9. The summed E-state index contributed by atoms with van der Waals surface area (Å²) in [4.78, 5) is 40.9. The highest BCUT2D eigenvalue weighted by atomic mass is 16.7. The fourth-order valence-corrected chi connectivity index (χ4v) is 7.87. The molecule has 4 fully saturated rings. The van der Waals surface area contributed by atoms with Gasteiger partial charge in [0.15, 0.2) is 0 Å². The number of carbonyl (C=O) groups is 3. The lowest BCUT2D eigenvalue weighted by Crippen LogP contribution is -2.65. The quantitative estimate of drug-likeness (QED) is 0.114. The number of nitrogens with one attached hydrogen (secondary N) is 2. The molecule has 2 bridgehead atoms. The van der Waals surface area contributed by atoms with E-state index in [4.69, 9.17) is 15.0 Å². The number of nitrogens with zero attached hydrogens (tertiary/aromatic N) is 1. The first-order valence-corrected chi connectivity index (χ1v) is 17.8. The van der Waals surface area contributed by atoms with Gasteiger partial charge in [-0.05, 0) is 62.2 Å². The number of urea groups is 1. The summed E-state index contributed by atoms with van der Waals surface area (Å²) in [6, 6.07) is -1.50. The number of unbranched alkanes of at least 4 members (excludes halogenated alkanes) is 8. The average molecular weight is 619 g/mol. The zero-order valence-electron chi connectivity index (χ0n) is 28.9. The molecule has 0 spiro atoms. The van der Waals surface area contributed by atoms with E-state index in [0.29, 0.717) is 31.2 Å². The molecule has 0 aromatic heterocycles. The first-order valence-electron chi connectivity index (χ1n) is 17.8. The Morgan fingerprint density at radius 1 is 0.932 bits per heavy atom. The molecular formula is C34H63BN4O5. The summed E-state index contributed by atoms with van der Waals surface area (Å²) in [6.45, 7) is 15.9. The van der Waals surface area contributed by atoms with Gasteiger partial charge in [0, 0.05) is 13.0 Å². The standard InChI is InChI=1S/C34H63BN4O5/c1-8-10-12-13-14-15-16-18-30(40)37-26(23-39(32(36)42)19-17-11-9-2)31(41)38-29(20-24(3)4)35-43-28-22-25-21-27(33(25,5)6)34(28,7)44-35/h24-29H,8-23H2,1-7H3,(H2,36,42)(H,37,40)(H,38,41)/t25-,26-,27-,28+,29-,34-/m0/s1. The van der Waals surface area contributed by atoms with E-state index in [2.05, 4.69) is 59.1 Å². The van der Waals surface area contributed by atoms with Gasteiger partial charge in [0.25, 0.3) is 0 Å². The van der Waals surface area contributed by atoms with Crippen molar-refractivity contribution in [1.82, 2.24) is 15.5 Å². The zero-order valence-corrected chi connectivity index (χ0v) is 28.9. The zero-order chi connectivity index (χ0) is 32.5. The third-order valence-corrected chi connectivity index (χ3v) is 10.8. The molecule has 1 heterocycles. The Morgan fingerprint density at radius 2 is 1.57 bits per heavy atom. The molecule has 10 heteroatoms. The van der Waals surface area contributed by atoms with E-state index in [1.807, 2.05) is 0 Å². The van der Waals surface area contributed by atoms with E-state index in [0.717, 1.165) is 51.4 Å². The Balaban J connectivity index is 1.69. The molecule has 1 saturated heterocycles. The number of hydrogen-bond acceptors (Lipinski definition) is 5. The van der Waals surface area contributed by atoms with Crippen molar-refractivity contribution in [2.75, 3.05) is 13.1 Å². The monoisotopic (exact) mass is 618 g/mol. The minimum atomic E-state index is -0.915. The highest BCUT2D eigenvalue weighted by Crippen LogP contribution is 2.65. The van der Waals surface area contributed by atoms with E-state index in [9.17, 15) is 14.4 Å². The van der Waals surface area contributed by atoms with Crippen molar-refractivity contribution in [2.24, 2.45) is 28.9 Å². The molecule has 9 nitrogen and oxygen atoms in total. The van der Waals surface area contributed by atoms with Crippen molar-refractivity contribution >= 4 is 25.0 Å². The number of amides is 4. The van der Waals surface area contributed by atoms with Crippen molar-refractivity contribution in [1.29, 1.82) is 0 Å². The Morgan fingerprint density at radius 3 is 2.18 bits per heavy atom. The highest BCUT2D eigenvalue weighted by Gasteiger charge is 2.68. The van der Waals surface area contributed by atoms with Crippen LogP contribution in [0.1, 0.15) is 138 Å². The van der Waals surface area contributed by atoms with Crippen LogP contribution in [0, 0.1) is 23.2 Å². The average Bonchev–Trinajstić information content (AvgIpc) is 3.32. The second-order valence-electron chi connectivity index (χ2n) is 15.1. The van der Waals surface area contributed by atoms with Crippen LogP contribution in [0.5, 0.6) is 0 Å². The molecule has 3 aliphatic carbocycles. The maximum Gasteiger partial charge on any atom is 0.481 e. The fraction of sp³-hybridized carbons (Fsp3) is 0.912. The summed E-state index contributed by atoms with van der Waals surface area (Å²) >= 11 is 0. The van der Waals surface area contributed by atoms with E-state index in [1.54, 1.807) is 0 Å². The largest absolute Gasteiger partial charge is 0.481 e. The lowest BCUT2D eigenvalue weighted by Gasteiger charge is -2.64. The minimum absolute atomic E-state index is 0.0113. The normalized spacial score (nSPS) is 26.5. The Labute approximate surface area is 268 Å². The van der Waals surface area contributed by atoms with Crippen molar-refractivity contribution in [3.8, 4) is 0 Å². The molecule has 1 aliphatic heterocycles. The predicted molar refractivity (Wildman–Crippen MR) is 177 cm³/mol. The van der Waals surface area contributed by atoms with Crippen LogP contribution in [0.25, 0.3) is 0 Å². The molecule has 3 saturated carbocycles. The molecular weight excluding hydrogens is 555 g/mol. The van der Waals surface area contributed by atoms with Gasteiger partial charge in [0.2, 0.25) is 11.8 Å². The third kappa shape index (κ3) is 9.37. The minimum Gasteiger partial charge on any atom is -0.404 e. The van der Waals surface area contributed by atoms with Crippen LogP contribution in [-0.4, -0.2) is 66.6 Å². The lowest BCUT2D eigenvalue weighted by atomic mass is 9.43. The van der Waals surface area contributed by atoms with Crippen LogP contribution in [0.3, 0.4) is 0 Å². The van der Waals surface area contributed by atoms with Crippen LogP contribution >= 0.6 is 0 Å². The molecule has 252 valence electrons. The molecule has 4 aliphatic rings. The maximum atomic E-state index is 13.9. The summed E-state index contributed by atoms with van der Waals surface area (Å²) in [5, 5.41) is 6.15. The van der Waals surface area contributed by atoms with Crippen LogP contribution in [0.15, 0.2) is 0 Å². The molecule has 4 rings (SSSR count). The summed E-state index contributed by atoms with van der Waals surface area (Å²) in [5.74, 6) is 0.456. The van der Waals surface area contributed by atoms with Gasteiger partial charge in [-0.3, -0.25) is 9.59 Å². The molecule has 4 amide bonds. The summed E-state index contributed by atoms with van der Waals surface area (Å²) in [7, 11) is -0.563. The predicted octanol–water partition coefficient (Wildman–Crippen LogP) is 5.98. The topological polar surface area (TPSA) is 123 Å². The smallest absolute Gasteiger partial charge is 0.404 e. The molecule has 0 aromatic carbocycles. The Kier molecular flexibility index (Phi) is 13.9. The van der Waals surface area contributed by atoms with Crippen molar-refractivity contribution in [3.05, 3.63) is 0 Å². The summed E-state index contributed by atoms with van der Waals surface area (Å²) < 4.78 is 13.3. The van der Waals surface area contributed by atoms with Gasteiger partial charge in [-0.15, -0.1) is 0 Å². The molecule has 0 aromatic rings. The van der Waals surface area contributed by atoms with Gasteiger partial charge < -0.3 is 30.6 Å². The Hall–Kier alpha value is -1.81. The van der Waals surface area contributed by atoms with Crippen LogP contribution in [0.4, 0.5) is 4.79 Å². The Bertz CT molecular complexity index is 949. The molecule has 0 unspecified atom stereocenters. The number of carbonyl (C=O) groups excluding carboxylic acids is 3. The lowest BCUT2D eigenvalue weighted by molar-refractivity contribution is -0.199. The number of rotatable bonds is 20. The van der Waals surface area contributed by atoms with E-state index in [1.165, 1.54) is 30.6 Å². The second-order valence-corrected chi connectivity index (χ2v) is 15.1. The van der Waals surface area contributed by atoms with E-state index in [-0.39, 0.29) is 47.3 Å². The first-order chi connectivity index (χ1) is 20.8. The van der Waals surface area contributed by atoms with Gasteiger partial charge in [0.1, 0.15) is 6.04 Å². The number of hydrogen-bond donors (Lipinski definition) is 3.